The molecule has 1 aliphatic rings. The van der Waals surface area contributed by atoms with Crippen molar-refractivity contribution in [2.45, 2.75) is 52.1 Å². The fraction of sp³-hybridized carbons (Fsp3) is 0.600. The second kappa shape index (κ2) is 11.2. The highest BCUT2D eigenvalue weighted by Crippen LogP contribution is 2.28. The zero-order chi connectivity index (χ0) is 20.4. The van der Waals surface area contributed by atoms with Crippen LogP contribution in [0.25, 0.3) is 0 Å². The average Bonchev–Trinajstić information content (AvgIpc) is 2.61. The van der Waals surface area contributed by atoms with Crippen LogP contribution in [-0.2, 0) is 9.53 Å². The van der Waals surface area contributed by atoms with Gasteiger partial charge in [0.05, 0.1) is 0 Å². The van der Waals surface area contributed by atoms with Crippen molar-refractivity contribution in [2.24, 2.45) is 17.6 Å². The van der Waals surface area contributed by atoms with Crippen LogP contribution in [0.3, 0.4) is 0 Å². The van der Waals surface area contributed by atoms with E-state index >= 15 is 0 Å². The summed E-state index contributed by atoms with van der Waals surface area (Å²) in [5, 5.41) is 5.82. The molecule has 1 saturated carbocycles. The molecule has 6 nitrogen and oxygen atoms in total. The number of alkyl carbamates (subject to hydrolysis) is 1. The SMILES string of the molecule is C=C/C(=C\C(Br)=C/N)C(=O)NCC1CCC(CNC(=O)OC(C)(C)C)CC1. The number of amides is 2. The maximum atomic E-state index is 12.2. The van der Waals surface area contributed by atoms with Gasteiger partial charge < -0.3 is 21.1 Å². The lowest BCUT2D eigenvalue weighted by atomic mass is 9.82. The third-order valence-corrected chi connectivity index (χ3v) is 4.88. The smallest absolute Gasteiger partial charge is 0.407 e. The second-order valence-corrected chi connectivity index (χ2v) is 8.75. The zero-order valence-corrected chi connectivity index (χ0v) is 18.1. The number of nitrogens with one attached hydrogen (secondary N) is 2. The van der Waals surface area contributed by atoms with E-state index in [2.05, 4.69) is 33.1 Å². The Morgan fingerprint density at radius 2 is 1.67 bits per heavy atom. The minimum atomic E-state index is -0.478. The highest BCUT2D eigenvalue weighted by molar-refractivity contribution is 9.11. The Kier molecular flexibility index (Phi) is 9.63. The van der Waals surface area contributed by atoms with Crippen LogP contribution >= 0.6 is 15.9 Å². The fourth-order valence-corrected chi connectivity index (χ4v) is 3.18. The Morgan fingerprint density at radius 3 is 2.11 bits per heavy atom. The minimum absolute atomic E-state index is 0.155. The Morgan fingerprint density at radius 1 is 1.15 bits per heavy atom. The van der Waals surface area contributed by atoms with Gasteiger partial charge >= 0.3 is 6.09 Å². The molecule has 0 bridgehead atoms. The first-order valence-corrected chi connectivity index (χ1v) is 10.1. The van der Waals surface area contributed by atoms with Gasteiger partial charge in [-0.3, -0.25) is 4.79 Å². The number of carbonyl (C=O) groups excluding carboxylic acids is 2. The van der Waals surface area contributed by atoms with Crippen LogP contribution < -0.4 is 16.4 Å². The number of halogens is 1. The summed E-state index contributed by atoms with van der Waals surface area (Å²) >= 11 is 3.25. The van der Waals surface area contributed by atoms with Crippen molar-refractivity contribution >= 4 is 27.9 Å². The molecule has 0 radical (unpaired) electrons. The molecule has 2 amide bonds. The van der Waals surface area contributed by atoms with Crippen LogP contribution in [0.4, 0.5) is 4.79 Å². The van der Waals surface area contributed by atoms with Gasteiger partial charge in [-0.05, 0) is 80.3 Å². The summed E-state index contributed by atoms with van der Waals surface area (Å²) in [6, 6.07) is 0. The Bertz CT molecular complexity index is 586. The summed E-state index contributed by atoms with van der Waals surface area (Å²) in [5.41, 5.74) is 5.39. The van der Waals surface area contributed by atoms with Gasteiger partial charge in [0.2, 0.25) is 0 Å². The van der Waals surface area contributed by atoms with Gasteiger partial charge in [-0.2, -0.15) is 0 Å². The van der Waals surface area contributed by atoms with Crippen molar-refractivity contribution in [3.63, 3.8) is 0 Å². The number of carbonyl (C=O) groups is 2. The van der Waals surface area contributed by atoms with E-state index in [1.807, 2.05) is 20.8 Å². The molecule has 1 fully saturated rings. The van der Waals surface area contributed by atoms with Gasteiger partial charge in [0.15, 0.2) is 0 Å². The van der Waals surface area contributed by atoms with Crippen molar-refractivity contribution in [1.82, 2.24) is 10.6 Å². The third kappa shape index (κ3) is 9.65. The molecule has 0 heterocycles. The number of nitrogens with two attached hydrogens (primary N) is 1. The highest BCUT2D eigenvalue weighted by Gasteiger charge is 2.23. The molecular weight excluding hydrogens is 410 g/mol. The van der Waals surface area contributed by atoms with Crippen molar-refractivity contribution in [3.8, 4) is 0 Å². The molecule has 27 heavy (non-hydrogen) atoms. The predicted molar refractivity (Wildman–Crippen MR) is 112 cm³/mol. The lowest BCUT2D eigenvalue weighted by molar-refractivity contribution is -0.117. The predicted octanol–water partition coefficient (Wildman–Crippen LogP) is 3.74. The minimum Gasteiger partial charge on any atom is -0.444 e. The lowest BCUT2D eigenvalue weighted by Gasteiger charge is -2.29. The first kappa shape index (κ1) is 23.3. The molecule has 7 heteroatoms. The number of ether oxygens (including phenoxy) is 1. The molecule has 0 unspecified atom stereocenters. The van der Waals surface area contributed by atoms with Gasteiger partial charge in [0.1, 0.15) is 5.60 Å². The van der Waals surface area contributed by atoms with Crippen molar-refractivity contribution in [1.29, 1.82) is 0 Å². The molecule has 0 aromatic rings. The number of hydrogen-bond acceptors (Lipinski definition) is 4. The van der Waals surface area contributed by atoms with E-state index in [4.69, 9.17) is 10.5 Å². The molecular formula is C20H32BrN3O3. The second-order valence-electron chi connectivity index (χ2n) is 7.83. The molecule has 0 spiro atoms. The van der Waals surface area contributed by atoms with Crippen molar-refractivity contribution in [3.05, 3.63) is 35.0 Å². The van der Waals surface area contributed by atoms with Crippen LogP contribution in [0.2, 0.25) is 0 Å². The van der Waals surface area contributed by atoms with E-state index in [-0.39, 0.29) is 12.0 Å². The normalized spacial score (nSPS) is 21.3. The fourth-order valence-electron chi connectivity index (χ4n) is 2.93. The van der Waals surface area contributed by atoms with Gasteiger partial charge in [-0.25, -0.2) is 4.79 Å². The largest absolute Gasteiger partial charge is 0.444 e. The summed E-state index contributed by atoms with van der Waals surface area (Å²) in [6.45, 7) is 10.5. The lowest BCUT2D eigenvalue weighted by Crippen LogP contribution is -2.37. The number of allylic oxidation sites excluding steroid dienone is 2. The Hall–Kier alpha value is -1.76. The van der Waals surface area contributed by atoms with Crippen LogP contribution in [0.15, 0.2) is 35.0 Å². The average molecular weight is 442 g/mol. The number of rotatable bonds is 7. The first-order chi connectivity index (χ1) is 12.6. The number of hydrogen-bond donors (Lipinski definition) is 3. The van der Waals surface area contributed by atoms with E-state index in [0.29, 0.717) is 35.0 Å². The van der Waals surface area contributed by atoms with Gasteiger partial charge in [0, 0.05) is 29.3 Å². The summed E-state index contributed by atoms with van der Waals surface area (Å²) in [7, 11) is 0. The van der Waals surface area contributed by atoms with Crippen LogP contribution in [-0.4, -0.2) is 30.7 Å². The molecule has 4 N–H and O–H groups in total. The zero-order valence-electron chi connectivity index (χ0n) is 16.5. The van der Waals surface area contributed by atoms with E-state index in [1.54, 1.807) is 6.08 Å². The molecule has 0 aromatic heterocycles. The van der Waals surface area contributed by atoms with E-state index < -0.39 is 5.60 Å². The first-order valence-electron chi connectivity index (χ1n) is 9.31. The molecule has 0 saturated heterocycles. The summed E-state index contributed by atoms with van der Waals surface area (Å²) in [6.07, 6.45) is 8.29. The topological polar surface area (TPSA) is 93.5 Å². The van der Waals surface area contributed by atoms with Gasteiger partial charge in [0.25, 0.3) is 5.91 Å². The summed E-state index contributed by atoms with van der Waals surface area (Å²) < 4.78 is 5.89. The molecule has 0 atom stereocenters. The van der Waals surface area contributed by atoms with Crippen molar-refractivity contribution < 1.29 is 14.3 Å². The third-order valence-electron chi connectivity index (χ3n) is 4.39. The molecule has 1 aliphatic carbocycles. The van der Waals surface area contributed by atoms with E-state index in [0.717, 1.165) is 25.7 Å². The Balaban J connectivity index is 2.33. The Labute approximate surface area is 170 Å². The maximum absolute atomic E-state index is 12.2. The molecule has 1 rings (SSSR count). The quantitative estimate of drug-likeness (QED) is 0.414. The standard InChI is InChI=1S/C20H32BrN3O3/c1-5-16(10-17(21)11-22)18(25)23-12-14-6-8-15(9-7-14)13-24-19(26)27-20(2,3)4/h5,10-11,14-15H,1,6-9,12-13,22H2,2-4H3,(H,23,25)(H,24,26)/b16-10+,17-11+. The van der Waals surface area contributed by atoms with Crippen LogP contribution in [0.1, 0.15) is 46.5 Å². The van der Waals surface area contributed by atoms with E-state index in [9.17, 15) is 9.59 Å². The van der Waals surface area contributed by atoms with Crippen LogP contribution in [0.5, 0.6) is 0 Å². The molecule has 0 aromatic carbocycles. The highest BCUT2D eigenvalue weighted by atomic mass is 79.9. The van der Waals surface area contributed by atoms with E-state index in [1.165, 1.54) is 12.3 Å². The van der Waals surface area contributed by atoms with Gasteiger partial charge in [-0.1, -0.05) is 12.7 Å². The maximum Gasteiger partial charge on any atom is 0.407 e. The van der Waals surface area contributed by atoms with Crippen molar-refractivity contribution in [2.75, 3.05) is 13.1 Å². The molecule has 152 valence electrons. The summed E-state index contributed by atoms with van der Waals surface area (Å²) in [5.74, 6) is 0.752. The summed E-state index contributed by atoms with van der Waals surface area (Å²) in [4.78, 5) is 23.9. The van der Waals surface area contributed by atoms with Crippen LogP contribution in [0, 0.1) is 11.8 Å². The monoisotopic (exact) mass is 441 g/mol. The van der Waals surface area contributed by atoms with Gasteiger partial charge in [-0.15, -0.1) is 0 Å². The molecule has 0 aliphatic heterocycles.